The third kappa shape index (κ3) is 3.27. The molecule has 2 N–H and O–H groups in total. The summed E-state index contributed by atoms with van der Waals surface area (Å²) >= 11 is 0. The summed E-state index contributed by atoms with van der Waals surface area (Å²) < 4.78 is 0. The number of fused-ring (bicyclic) bond motifs is 1. The Bertz CT molecular complexity index is 855. The monoisotopic (exact) mass is 355 g/mol. The average molecular weight is 355 g/mol. The van der Waals surface area contributed by atoms with E-state index in [4.69, 9.17) is 0 Å². The zero-order valence-electron chi connectivity index (χ0n) is 14.9. The van der Waals surface area contributed by atoms with Gasteiger partial charge in [0.05, 0.1) is 11.7 Å². The van der Waals surface area contributed by atoms with E-state index in [0.29, 0.717) is 24.2 Å². The van der Waals surface area contributed by atoms with Crippen LogP contribution in [-0.4, -0.2) is 64.1 Å². The minimum atomic E-state index is -0.254. The fraction of sp³-hybridized carbons (Fsp3) is 0.500. The Morgan fingerprint density at radius 2 is 1.81 bits per heavy atom. The topological polar surface area (TPSA) is 76.6 Å². The average Bonchev–Trinajstić information content (AvgIpc) is 2.67. The van der Waals surface area contributed by atoms with E-state index in [1.54, 1.807) is 0 Å². The number of benzene rings is 1. The first-order valence-corrected chi connectivity index (χ1v) is 9.47. The maximum atomic E-state index is 13.0. The molecule has 6 heteroatoms. The quantitative estimate of drug-likeness (QED) is 0.858. The molecule has 1 saturated carbocycles. The number of aliphatic hydroxyl groups is 1. The lowest BCUT2D eigenvalue weighted by Gasteiger charge is -2.42. The summed E-state index contributed by atoms with van der Waals surface area (Å²) in [6.45, 7) is 2.80. The number of nitrogens with zero attached hydrogens (tertiary/aromatic N) is 2. The van der Waals surface area contributed by atoms with E-state index < -0.39 is 0 Å². The molecule has 0 radical (unpaired) electrons. The maximum absolute atomic E-state index is 13.0. The van der Waals surface area contributed by atoms with Gasteiger partial charge in [-0.3, -0.25) is 14.5 Å². The number of aliphatic hydroxyl groups excluding tert-OH is 1. The number of para-hydroxylation sites is 1. The normalized spacial score (nSPS) is 24.7. The number of aromatic nitrogens is 1. The molecule has 0 unspecified atom stereocenters. The lowest BCUT2D eigenvalue weighted by molar-refractivity contribution is -0.00169. The molecule has 2 fully saturated rings. The van der Waals surface area contributed by atoms with Crippen molar-refractivity contribution in [3.63, 3.8) is 0 Å². The Kier molecular flexibility index (Phi) is 4.78. The van der Waals surface area contributed by atoms with Crippen LogP contribution in [0.2, 0.25) is 0 Å². The van der Waals surface area contributed by atoms with Gasteiger partial charge in [0, 0.05) is 49.2 Å². The second-order valence-electron chi connectivity index (χ2n) is 7.34. The number of carbonyl (C=O) groups is 1. The number of pyridine rings is 1. The Hall–Kier alpha value is -2.18. The van der Waals surface area contributed by atoms with E-state index in [1.807, 2.05) is 29.2 Å². The van der Waals surface area contributed by atoms with Gasteiger partial charge in [0.15, 0.2) is 0 Å². The lowest BCUT2D eigenvalue weighted by atomic mass is 9.91. The largest absolute Gasteiger partial charge is 0.391 e. The van der Waals surface area contributed by atoms with Crippen molar-refractivity contribution < 1.29 is 9.90 Å². The van der Waals surface area contributed by atoms with Gasteiger partial charge >= 0.3 is 0 Å². The second-order valence-corrected chi connectivity index (χ2v) is 7.34. The van der Waals surface area contributed by atoms with E-state index in [1.165, 1.54) is 12.5 Å². The van der Waals surface area contributed by atoms with Crippen molar-refractivity contribution >= 4 is 16.8 Å². The van der Waals surface area contributed by atoms with Gasteiger partial charge in [-0.1, -0.05) is 31.0 Å². The van der Waals surface area contributed by atoms with Gasteiger partial charge in [0.25, 0.3) is 5.91 Å². The van der Waals surface area contributed by atoms with Crippen molar-refractivity contribution in [3.8, 4) is 0 Å². The molecule has 1 aromatic carbocycles. The highest BCUT2D eigenvalue weighted by atomic mass is 16.3. The summed E-state index contributed by atoms with van der Waals surface area (Å²) in [6.07, 6.45) is 3.93. The van der Waals surface area contributed by atoms with Crippen LogP contribution in [0.15, 0.2) is 35.1 Å². The first-order valence-electron chi connectivity index (χ1n) is 9.47. The molecule has 26 heavy (non-hydrogen) atoms. The van der Waals surface area contributed by atoms with Crippen LogP contribution in [0.3, 0.4) is 0 Å². The molecule has 1 aliphatic heterocycles. The first kappa shape index (κ1) is 17.2. The second kappa shape index (κ2) is 7.21. The number of hydrogen-bond acceptors (Lipinski definition) is 4. The molecule has 1 amide bonds. The summed E-state index contributed by atoms with van der Waals surface area (Å²) in [6, 6.07) is 9.03. The van der Waals surface area contributed by atoms with Crippen molar-refractivity contribution in [1.82, 2.24) is 14.8 Å². The molecule has 4 rings (SSSR count). The van der Waals surface area contributed by atoms with Crippen LogP contribution in [0.4, 0.5) is 0 Å². The van der Waals surface area contributed by atoms with Crippen LogP contribution in [0.5, 0.6) is 0 Å². The molecule has 0 bridgehead atoms. The summed E-state index contributed by atoms with van der Waals surface area (Å²) in [5.74, 6) is -0.0869. The zero-order chi connectivity index (χ0) is 18.1. The van der Waals surface area contributed by atoms with E-state index in [0.717, 1.165) is 37.7 Å². The predicted molar refractivity (Wildman–Crippen MR) is 100 cm³/mol. The highest BCUT2D eigenvalue weighted by molar-refractivity contribution is 6.05. The SMILES string of the molecule is O=C(c1cc(=O)[nH]c2ccccc12)N1CCN([C@@H]2CCCC[C@H]2O)CC1. The van der Waals surface area contributed by atoms with E-state index >= 15 is 0 Å². The van der Waals surface area contributed by atoms with Crippen molar-refractivity contribution in [2.24, 2.45) is 0 Å². The molecule has 1 aromatic heterocycles. The highest BCUT2D eigenvalue weighted by Gasteiger charge is 2.32. The Balaban J connectivity index is 1.50. The van der Waals surface area contributed by atoms with Gasteiger partial charge in [-0.05, 0) is 18.9 Å². The third-order valence-electron chi connectivity index (χ3n) is 5.75. The number of rotatable bonds is 2. The summed E-state index contributed by atoms with van der Waals surface area (Å²) in [7, 11) is 0. The van der Waals surface area contributed by atoms with Crippen molar-refractivity contribution in [1.29, 1.82) is 0 Å². The van der Waals surface area contributed by atoms with Crippen molar-refractivity contribution in [2.45, 2.75) is 37.8 Å². The van der Waals surface area contributed by atoms with E-state index in [-0.39, 0.29) is 23.6 Å². The van der Waals surface area contributed by atoms with Gasteiger partial charge in [0.2, 0.25) is 5.56 Å². The van der Waals surface area contributed by atoms with Gasteiger partial charge in [0.1, 0.15) is 0 Å². The Morgan fingerprint density at radius 1 is 1.08 bits per heavy atom. The van der Waals surface area contributed by atoms with Crippen LogP contribution < -0.4 is 5.56 Å². The highest BCUT2D eigenvalue weighted by Crippen LogP contribution is 2.25. The summed E-state index contributed by atoms with van der Waals surface area (Å²) in [5, 5.41) is 11.0. The van der Waals surface area contributed by atoms with Crippen LogP contribution in [-0.2, 0) is 0 Å². The minimum absolute atomic E-state index is 0.0869. The summed E-state index contributed by atoms with van der Waals surface area (Å²) in [4.78, 5) is 31.9. The number of aromatic amines is 1. The number of nitrogens with one attached hydrogen (secondary N) is 1. The van der Waals surface area contributed by atoms with Gasteiger partial charge < -0.3 is 15.0 Å². The predicted octanol–water partition coefficient (Wildman–Crippen LogP) is 1.59. The van der Waals surface area contributed by atoms with Crippen LogP contribution >= 0.6 is 0 Å². The lowest BCUT2D eigenvalue weighted by Crippen LogP contribution is -2.55. The number of carbonyl (C=O) groups excluding carboxylic acids is 1. The molecule has 6 nitrogen and oxygen atoms in total. The molecule has 2 atom stereocenters. The van der Waals surface area contributed by atoms with E-state index in [2.05, 4.69) is 9.88 Å². The summed E-state index contributed by atoms with van der Waals surface area (Å²) in [5.41, 5.74) is 0.902. The number of amides is 1. The standard InChI is InChI=1S/C20H25N3O3/c24-18-8-4-3-7-17(18)22-9-11-23(12-10-22)20(26)15-13-19(25)21-16-6-2-1-5-14(15)16/h1-2,5-6,13,17-18,24H,3-4,7-12H2,(H,21,25)/t17-,18-/m1/s1. The first-order chi connectivity index (χ1) is 12.6. The van der Waals surface area contributed by atoms with Crippen molar-refractivity contribution in [2.75, 3.05) is 26.2 Å². The molecular weight excluding hydrogens is 330 g/mol. The van der Waals surface area contributed by atoms with Gasteiger partial charge in [-0.2, -0.15) is 0 Å². The molecule has 2 aliphatic rings. The fourth-order valence-electron chi connectivity index (χ4n) is 4.33. The fourth-order valence-corrected chi connectivity index (χ4v) is 4.33. The number of hydrogen-bond donors (Lipinski definition) is 2. The minimum Gasteiger partial charge on any atom is -0.391 e. The Labute approximate surface area is 152 Å². The molecule has 138 valence electrons. The van der Waals surface area contributed by atoms with Crippen molar-refractivity contribution in [3.05, 3.63) is 46.2 Å². The van der Waals surface area contributed by atoms with E-state index in [9.17, 15) is 14.7 Å². The smallest absolute Gasteiger partial charge is 0.254 e. The van der Waals surface area contributed by atoms with Crippen LogP contribution in [0, 0.1) is 0 Å². The van der Waals surface area contributed by atoms with Crippen LogP contribution in [0.1, 0.15) is 36.0 Å². The number of H-pyrrole nitrogens is 1. The zero-order valence-corrected chi connectivity index (χ0v) is 14.9. The maximum Gasteiger partial charge on any atom is 0.254 e. The van der Waals surface area contributed by atoms with Crippen LogP contribution in [0.25, 0.3) is 10.9 Å². The molecule has 0 spiro atoms. The molecule has 1 aliphatic carbocycles. The molecular formula is C20H25N3O3. The molecule has 2 heterocycles. The van der Waals surface area contributed by atoms with Gasteiger partial charge in [-0.15, -0.1) is 0 Å². The number of piperazine rings is 1. The Morgan fingerprint density at radius 3 is 2.58 bits per heavy atom. The molecule has 1 saturated heterocycles. The van der Waals surface area contributed by atoms with Gasteiger partial charge in [-0.25, -0.2) is 0 Å². The third-order valence-corrected chi connectivity index (χ3v) is 5.75. The molecule has 2 aromatic rings.